The second kappa shape index (κ2) is 8.24. The summed E-state index contributed by atoms with van der Waals surface area (Å²) in [6, 6.07) is 12.7. The summed E-state index contributed by atoms with van der Waals surface area (Å²) in [5, 5.41) is 15.6. The molecule has 1 N–H and O–H groups in total. The number of benzene rings is 1. The molecule has 0 atom stereocenters. The predicted octanol–water partition coefficient (Wildman–Crippen LogP) is 2.82. The highest BCUT2D eigenvalue weighted by Crippen LogP contribution is 2.23. The van der Waals surface area contributed by atoms with Crippen molar-refractivity contribution in [2.24, 2.45) is 0 Å². The molecule has 0 spiro atoms. The zero-order valence-electron chi connectivity index (χ0n) is 16.9. The summed E-state index contributed by atoms with van der Waals surface area (Å²) < 4.78 is 18.0. The van der Waals surface area contributed by atoms with Crippen molar-refractivity contribution >= 4 is 11.6 Å². The summed E-state index contributed by atoms with van der Waals surface area (Å²) in [6.07, 6.45) is 0. The van der Waals surface area contributed by atoms with E-state index >= 15 is 0 Å². The van der Waals surface area contributed by atoms with Crippen molar-refractivity contribution in [2.75, 3.05) is 20.3 Å². The van der Waals surface area contributed by atoms with E-state index in [2.05, 4.69) is 20.6 Å². The lowest BCUT2D eigenvalue weighted by atomic mass is 10.2. The molecule has 154 valence electrons. The Kier molecular flexibility index (Phi) is 5.34. The van der Waals surface area contributed by atoms with Crippen molar-refractivity contribution in [1.29, 1.82) is 0 Å². The third kappa shape index (κ3) is 3.95. The number of amides is 1. The van der Waals surface area contributed by atoms with E-state index in [1.807, 2.05) is 24.3 Å². The molecule has 0 aliphatic carbocycles. The number of nitrogens with one attached hydrogen (secondary N) is 1. The summed E-state index contributed by atoms with van der Waals surface area (Å²) in [5.41, 5.74) is 1.95. The lowest BCUT2D eigenvalue weighted by Crippen LogP contribution is -2.28. The van der Waals surface area contributed by atoms with Crippen LogP contribution in [0.25, 0.3) is 17.0 Å². The van der Waals surface area contributed by atoms with Gasteiger partial charge in [0.15, 0.2) is 11.5 Å². The van der Waals surface area contributed by atoms with Gasteiger partial charge in [0.25, 0.3) is 5.91 Å². The van der Waals surface area contributed by atoms with E-state index in [1.165, 1.54) is 0 Å². The first-order valence-corrected chi connectivity index (χ1v) is 9.40. The van der Waals surface area contributed by atoms with Crippen LogP contribution < -0.4 is 14.8 Å². The van der Waals surface area contributed by atoms with E-state index in [0.717, 1.165) is 11.3 Å². The van der Waals surface area contributed by atoms with E-state index in [4.69, 9.17) is 13.9 Å². The van der Waals surface area contributed by atoms with Crippen molar-refractivity contribution in [2.45, 2.75) is 13.8 Å². The highest BCUT2D eigenvalue weighted by atomic mass is 16.5. The first-order chi connectivity index (χ1) is 14.5. The van der Waals surface area contributed by atoms with Crippen LogP contribution in [0.2, 0.25) is 0 Å². The number of ether oxygens (including phenoxy) is 2. The van der Waals surface area contributed by atoms with Crippen LogP contribution in [-0.4, -0.2) is 46.0 Å². The fraction of sp³-hybridized carbons (Fsp3) is 0.238. The molecule has 0 unspecified atom stereocenters. The van der Waals surface area contributed by atoms with E-state index in [-0.39, 0.29) is 12.5 Å². The maximum Gasteiger partial charge on any atom is 0.254 e. The number of aryl methyl sites for hydroxylation is 2. The molecular weight excluding hydrogens is 386 g/mol. The van der Waals surface area contributed by atoms with Crippen LogP contribution in [0, 0.1) is 13.8 Å². The van der Waals surface area contributed by atoms with Crippen LogP contribution in [0.1, 0.15) is 21.9 Å². The van der Waals surface area contributed by atoms with Crippen molar-refractivity contribution in [3.63, 3.8) is 0 Å². The number of nitrogens with zero attached hydrogens (tertiary/aromatic N) is 4. The first-order valence-electron chi connectivity index (χ1n) is 9.40. The number of hydrogen-bond acceptors (Lipinski definition) is 7. The summed E-state index contributed by atoms with van der Waals surface area (Å²) in [4.78, 5) is 12.2. The maximum atomic E-state index is 12.2. The van der Waals surface area contributed by atoms with Crippen molar-refractivity contribution in [3.05, 3.63) is 59.5 Å². The summed E-state index contributed by atoms with van der Waals surface area (Å²) in [7, 11) is 1.61. The Bertz CT molecular complexity index is 1200. The number of fused-ring (bicyclic) bond motifs is 1. The fourth-order valence-corrected chi connectivity index (χ4v) is 3.06. The molecule has 0 aliphatic heterocycles. The molecule has 30 heavy (non-hydrogen) atoms. The summed E-state index contributed by atoms with van der Waals surface area (Å²) in [5.74, 6) is 2.79. The molecule has 0 saturated heterocycles. The molecular formula is C21H21N5O4. The van der Waals surface area contributed by atoms with Gasteiger partial charge in [-0.15, -0.1) is 15.3 Å². The van der Waals surface area contributed by atoms with Gasteiger partial charge in [-0.05, 0) is 38.1 Å². The third-order valence-electron chi connectivity index (χ3n) is 4.49. The molecule has 4 aromatic rings. The van der Waals surface area contributed by atoms with E-state index in [9.17, 15) is 4.79 Å². The second-order valence-corrected chi connectivity index (χ2v) is 6.63. The number of rotatable bonds is 7. The quantitative estimate of drug-likeness (QED) is 0.470. The summed E-state index contributed by atoms with van der Waals surface area (Å²) >= 11 is 0. The van der Waals surface area contributed by atoms with Crippen LogP contribution in [-0.2, 0) is 0 Å². The predicted molar refractivity (Wildman–Crippen MR) is 109 cm³/mol. The van der Waals surface area contributed by atoms with Gasteiger partial charge in [0, 0.05) is 11.6 Å². The number of carbonyl (C=O) groups is 1. The Labute approximate surface area is 172 Å². The Hall–Kier alpha value is -3.88. The largest absolute Gasteiger partial charge is 0.497 e. The van der Waals surface area contributed by atoms with Crippen molar-refractivity contribution < 1.29 is 18.7 Å². The molecule has 3 aromatic heterocycles. The van der Waals surface area contributed by atoms with Crippen LogP contribution in [0.3, 0.4) is 0 Å². The van der Waals surface area contributed by atoms with E-state index in [1.54, 1.807) is 43.7 Å². The first kappa shape index (κ1) is 19.4. The van der Waals surface area contributed by atoms with Gasteiger partial charge in [0.05, 0.1) is 19.2 Å². The highest BCUT2D eigenvalue weighted by molar-refractivity contribution is 5.95. The van der Waals surface area contributed by atoms with Gasteiger partial charge in [-0.1, -0.05) is 12.1 Å². The van der Waals surface area contributed by atoms with Crippen molar-refractivity contribution in [3.8, 4) is 23.0 Å². The van der Waals surface area contributed by atoms with Gasteiger partial charge >= 0.3 is 0 Å². The fourth-order valence-electron chi connectivity index (χ4n) is 3.06. The maximum absolute atomic E-state index is 12.2. The third-order valence-corrected chi connectivity index (χ3v) is 4.49. The molecule has 1 amide bonds. The molecule has 4 rings (SSSR count). The molecule has 0 saturated carbocycles. The number of furan rings is 1. The lowest BCUT2D eigenvalue weighted by molar-refractivity contribution is 0.0945. The van der Waals surface area contributed by atoms with Gasteiger partial charge < -0.3 is 19.2 Å². The second-order valence-electron chi connectivity index (χ2n) is 6.63. The minimum atomic E-state index is -0.199. The van der Waals surface area contributed by atoms with Crippen LogP contribution in [0.5, 0.6) is 11.6 Å². The Morgan fingerprint density at radius 3 is 2.80 bits per heavy atom. The average molecular weight is 407 g/mol. The van der Waals surface area contributed by atoms with E-state index in [0.29, 0.717) is 41.0 Å². The molecule has 9 heteroatoms. The van der Waals surface area contributed by atoms with Crippen molar-refractivity contribution in [1.82, 2.24) is 25.1 Å². The zero-order valence-corrected chi connectivity index (χ0v) is 16.9. The van der Waals surface area contributed by atoms with Gasteiger partial charge in [-0.2, -0.15) is 4.52 Å². The van der Waals surface area contributed by atoms with Gasteiger partial charge in [-0.25, -0.2) is 0 Å². The molecule has 0 radical (unpaired) electrons. The molecule has 0 aliphatic rings. The Morgan fingerprint density at radius 1 is 1.17 bits per heavy atom. The standard InChI is InChI=1S/C21H21N5O4/c1-13-11-17(14(2)30-13)21(27)22-9-10-29-19-8-7-18-23-24-20(26(18)25-19)15-5-4-6-16(12-15)28-3/h4-8,11-12H,9-10H2,1-3H3,(H,22,27). The van der Waals surface area contributed by atoms with Gasteiger partial charge in [-0.3, -0.25) is 4.79 Å². The van der Waals surface area contributed by atoms with Crippen LogP contribution >= 0.6 is 0 Å². The smallest absolute Gasteiger partial charge is 0.254 e. The monoisotopic (exact) mass is 407 g/mol. The number of hydrogen-bond donors (Lipinski definition) is 1. The van der Waals surface area contributed by atoms with Crippen LogP contribution in [0.15, 0.2) is 46.9 Å². The van der Waals surface area contributed by atoms with Gasteiger partial charge in [0.2, 0.25) is 5.88 Å². The SMILES string of the molecule is COc1cccc(-c2nnc3ccc(OCCNC(=O)c4cc(C)oc4C)nn23)c1. The van der Waals surface area contributed by atoms with Crippen LogP contribution in [0.4, 0.5) is 0 Å². The molecule has 0 bridgehead atoms. The zero-order chi connectivity index (χ0) is 21.1. The average Bonchev–Trinajstić information content (AvgIpc) is 3.33. The molecule has 1 aromatic carbocycles. The Balaban J connectivity index is 1.42. The lowest BCUT2D eigenvalue weighted by Gasteiger charge is -2.07. The Morgan fingerprint density at radius 2 is 2.03 bits per heavy atom. The normalized spacial score (nSPS) is 10.9. The van der Waals surface area contributed by atoms with Gasteiger partial charge in [0.1, 0.15) is 23.9 Å². The minimum Gasteiger partial charge on any atom is -0.497 e. The minimum absolute atomic E-state index is 0.199. The topological polar surface area (TPSA) is 104 Å². The molecule has 3 heterocycles. The highest BCUT2D eigenvalue weighted by Gasteiger charge is 2.14. The number of carbonyl (C=O) groups excluding carboxylic acids is 1. The number of methoxy groups -OCH3 is 1. The van der Waals surface area contributed by atoms with E-state index < -0.39 is 0 Å². The molecule has 9 nitrogen and oxygen atoms in total. The molecule has 0 fully saturated rings. The summed E-state index contributed by atoms with van der Waals surface area (Å²) in [6.45, 7) is 4.15. The number of aromatic nitrogens is 4.